The Hall–Kier alpha value is -1.39. The monoisotopic (exact) mass is 210 g/mol. The Morgan fingerprint density at radius 1 is 1.67 bits per heavy atom. The van der Waals surface area contributed by atoms with Gasteiger partial charge in [0.05, 0.1) is 13.2 Å². The molecule has 3 N–H and O–H groups in total. The van der Waals surface area contributed by atoms with Crippen LogP contribution in [-0.4, -0.2) is 7.11 Å². The van der Waals surface area contributed by atoms with Gasteiger partial charge in [0.25, 0.3) is 0 Å². The molecule has 0 aliphatic heterocycles. The van der Waals surface area contributed by atoms with E-state index in [4.69, 9.17) is 10.6 Å². The normalized spacial score (nSPS) is 12.2. The molecule has 0 spiro atoms. The number of hydrogen-bond donors (Lipinski definition) is 2. The van der Waals surface area contributed by atoms with Crippen molar-refractivity contribution in [1.82, 2.24) is 5.43 Å². The van der Waals surface area contributed by atoms with Gasteiger partial charge >= 0.3 is 0 Å². The summed E-state index contributed by atoms with van der Waals surface area (Å²) in [6.07, 6.45) is 2.24. The van der Waals surface area contributed by atoms with Gasteiger partial charge in [0, 0.05) is 5.56 Å². The molecule has 15 heavy (non-hydrogen) atoms. The molecular weight excluding hydrogens is 195 g/mol. The SMILES string of the molecule is C=CCC(NN)c1cccc(OC)c1F. The summed E-state index contributed by atoms with van der Waals surface area (Å²) in [6.45, 7) is 3.60. The Balaban J connectivity index is 3.06. The fourth-order valence-electron chi connectivity index (χ4n) is 1.41. The van der Waals surface area contributed by atoms with Crippen LogP contribution in [-0.2, 0) is 0 Å². The van der Waals surface area contributed by atoms with Crippen molar-refractivity contribution in [1.29, 1.82) is 0 Å². The summed E-state index contributed by atoms with van der Waals surface area (Å²) in [5, 5.41) is 0. The highest BCUT2D eigenvalue weighted by Gasteiger charge is 2.15. The van der Waals surface area contributed by atoms with Gasteiger partial charge in [0.15, 0.2) is 11.6 Å². The Labute approximate surface area is 88.7 Å². The van der Waals surface area contributed by atoms with Crippen LogP contribution in [0.1, 0.15) is 18.0 Å². The fourth-order valence-corrected chi connectivity index (χ4v) is 1.41. The minimum Gasteiger partial charge on any atom is -0.494 e. The average Bonchev–Trinajstić information content (AvgIpc) is 2.27. The molecule has 0 bridgehead atoms. The third-order valence-electron chi connectivity index (χ3n) is 2.19. The van der Waals surface area contributed by atoms with Crippen LogP contribution < -0.4 is 16.0 Å². The lowest BCUT2D eigenvalue weighted by molar-refractivity contribution is 0.379. The zero-order valence-corrected chi connectivity index (χ0v) is 8.66. The summed E-state index contributed by atoms with van der Waals surface area (Å²) in [5.74, 6) is 5.18. The molecule has 82 valence electrons. The van der Waals surface area contributed by atoms with E-state index in [1.54, 1.807) is 24.3 Å². The number of hydrazine groups is 1. The van der Waals surface area contributed by atoms with E-state index in [-0.39, 0.29) is 17.6 Å². The lowest BCUT2D eigenvalue weighted by Crippen LogP contribution is -2.28. The highest BCUT2D eigenvalue weighted by molar-refractivity contribution is 5.33. The van der Waals surface area contributed by atoms with Crippen molar-refractivity contribution in [2.24, 2.45) is 5.84 Å². The summed E-state index contributed by atoms with van der Waals surface area (Å²) in [5.41, 5.74) is 3.03. The second-order valence-electron chi connectivity index (χ2n) is 3.11. The lowest BCUT2D eigenvalue weighted by Gasteiger charge is -2.16. The van der Waals surface area contributed by atoms with Crippen LogP contribution in [0.5, 0.6) is 5.75 Å². The second-order valence-corrected chi connectivity index (χ2v) is 3.11. The molecule has 0 saturated heterocycles. The van der Waals surface area contributed by atoms with Gasteiger partial charge in [-0.15, -0.1) is 6.58 Å². The van der Waals surface area contributed by atoms with Crippen molar-refractivity contribution in [3.63, 3.8) is 0 Å². The van der Waals surface area contributed by atoms with E-state index in [0.29, 0.717) is 12.0 Å². The molecular formula is C11H15FN2O. The third kappa shape index (κ3) is 2.55. The van der Waals surface area contributed by atoms with Crippen molar-refractivity contribution >= 4 is 0 Å². The molecule has 0 amide bonds. The van der Waals surface area contributed by atoms with Gasteiger partial charge in [-0.1, -0.05) is 18.2 Å². The number of benzene rings is 1. The average molecular weight is 210 g/mol. The topological polar surface area (TPSA) is 47.3 Å². The Bertz CT molecular complexity index is 341. The number of nitrogens with two attached hydrogens (primary N) is 1. The highest BCUT2D eigenvalue weighted by atomic mass is 19.1. The second kappa shape index (κ2) is 5.48. The maximum atomic E-state index is 13.8. The van der Waals surface area contributed by atoms with E-state index >= 15 is 0 Å². The van der Waals surface area contributed by atoms with Crippen LogP contribution in [0.15, 0.2) is 30.9 Å². The number of halogens is 1. The summed E-state index contributed by atoms with van der Waals surface area (Å²) in [6, 6.07) is 4.69. The summed E-state index contributed by atoms with van der Waals surface area (Å²) in [4.78, 5) is 0. The van der Waals surface area contributed by atoms with Crippen molar-refractivity contribution in [2.75, 3.05) is 7.11 Å². The van der Waals surface area contributed by atoms with Crippen LogP contribution in [0.4, 0.5) is 4.39 Å². The predicted octanol–water partition coefficient (Wildman–Crippen LogP) is 1.91. The van der Waals surface area contributed by atoms with E-state index in [1.807, 2.05) is 0 Å². The molecule has 0 radical (unpaired) electrons. The van der Waals surface area contributed by atoms with Gasteiger partial charge in [-0.2, -0.15) is 0 Å². The van der Waals surface area contributed by atoms with Gasteiger partial charge in [-0.3, -0.25) is 11.3 Å². The fraction of sp³-hybridized carbons (Fsp3) is 0.273. The molecule has 1 unspecified atom stereocenters. The predicted molar refractivity (Wildman–Crippen MR) is 57.8 cm³/mol. The first-order chi connectivity index (χ1) is 7.24. The molecule has 0 saturated carbocycles. The molecule has 1 aromatic carbocycles. The van der Waals surface area contributed by atoms with Crippen LogP contribution in [0.2, 0.25) is 0 Å². The molecule has 1 rings (SSSR count). The Kier molecular flexibility index (Phi) is 4.27. The van der Waals surface area contributed by atoms with Gasteiger partial charge in [0.2, 0.25) is 0 Å². The maximum absolute atomic E-state index is 13.8. The van der Waals surface area contributed by atoms with Crippen molar-refractivity contribution in [3.05, 3.63) is 42.2 Å². The number of nitrogens with one attached hydrogen (secondary N) is 1. The zero-order chi connectivity index (χ0) is 11.3. The van der Waals surface area contributed by atoms with E-state index in [9.17, 15) is 4.39 Å². The molecule has 0 fully saturated rings. The molecule has 0 aliphatic carbocycles. The Morgan fingerprint density at radius 2 is 2.40 bits per heavy atom. The first-order valence-electron chi connectivity index (χ1n) is 4.64. The quantitative estimate of drug-likeness (QED) is 0.443. The van der Waals surface area contributed by atoms with Crippen molar-refractivity contribution < 1.29 is 9.13 Å². The van der Waals surface area contributed by atoms with Crippen LogP contribution in [0.3, 0.4) is 0 Å². The highest BCUT2D eigenvalue weighted by Crippen LogP contribution is 2.26. The molecule has 0 aromatic heterocycles. The zero-order valence-electron chi connectivity index (χ0n) is 8.66. The summed E-state index contributed by atoms with van der Waals surface area (Å²) in [7, 11) is 1.43. The van der Waals surface area contributed by atoms with Gasteiger partial charge in [-0.05, 0) is 12.5 Å². The van der Waals surface area contributed by atoms with Gasteiger partial charge in [0.1, 0.15) is 0 Å². The summed E-state index contributed by atoms with van der Waals surface area (Å²) < 4.78 is 18.7. The van der Waals surface area contributed by atoms with Crippen LogP contribution >= 0.6 is 0 Å². The molecule has 1 atom stereocenters. The number of ether oxygens (including phenoxy) is 1. The number of rotatable bonds is 5. The smallest absolute Gasteiger partial charge is 0.169 e. The molecule has 3 nitrogen and oxygen atoms in total. The van der Waals surface area contributed by atoms with Gasteiger partial charge < -0.3 is 4.74 Å². The standard InChI is InChI=1S/C11H15FN2O/c1-3-5-9(14-13)8-6-4-7-10(15-2)11(8)12/h3-4,6-7,9,14H,1,5,13H2,2H3. The van der Waals surface area contributed by atoms with Crippen molar-refractivity contribution in [2.45, 2.75) is 12.5 Å². The van der Waals surface area contributed by atoms with E-state index < -0.39 is 0 Å². The van der Waals surface area contributed by atoms with Crippen LogP contribution in [0.25, 0.3) is 0 Å². The third-order valence-corrected chi connectivity index (χ3v) is 2.19. The van der Waals surface area contributed by atoms with Crippen LogP contribution in [0, 0.1) is 5.82 Å². The molecule has 1 aromatic rings. The lowest BCUT2D eigenvalue weighted by atomic mass is 10.0. The van der Waals surface area contributed by atoms with Crippen molar-refractivity contribution in [3.8, 4) is 5.75 Å². The maximum Gasteiger partial charge on any atom is 0.169 e. The molecule has 4 heteroatoms. The first-order valence-corrected chi connectivity index (χ1v) is 4.64. The van der Waals surface area contributed by atoms with Gasteiger partial charge in [-0.25, -0.2) is 4.39 Å². The molecule has 0 aliphatic rings. The molecule has 0 heterocycles. The number of methoxy groups -OCH3 is 1. The van der Waals surface area contributed by atoms with E-state index in [1.165, 1.54) is 7.11 Å². The Morgan fingerprint density at radius 3 is 2.93 bits per heavy atom. The largest absolute Gasteiger partial charge is 0.494 e. The minimum absolute atomic E-state index is 0.219. The minimum atomic E-state index is -0.384. The van der Waals surface area contributed by atoms with E-state index in [0.717, 1.165) is 0 Å². The summed E-state index contributed by atoms with van der Waals surface area (Å²) >= 11 is 0. The first kappa shape index (κ1) is 11.7. The van der Waals surface area contributed by atoms with E-state index in [2.05, 4.69) is 12.0 Å². The number of hydrogen-bond acceptors (Lipinski definition) is 3.